The highest BCUT2D eigenvalue weighted by Gasteiger charge is 2.04. The summed E-state index contributed by atoms with van der Waals surface area (Å²) in [5.74, 6) is 1.58. The maximum absolute atomic E-state index is 5.76. The Bertz CT molecular complexity index is 543. The third-order valence-electron chi connectivity index (χ3n) is 2.49. The fourth-order valence-electron chi connectivity index (χ4n) is 1.63. The van der Waals surface area contributed by atoms with Crippen molar-refractivity contribution in [3.05, 3.63) is 52.5 Å². The highest BCUT2D eigenvalue weighted by molar-refractivity contribution is 9.10. The Labute approximate surface area is 115 Å². The van der Waals surface area contributed by atoms with Gasteiger partial charge in [0.05, 0.1) is 7.11 Å². The molecule has 0 saturated heterocycles. The lowest BCUT2D eigenvalue weighted by Gasteiger charge is -2.11. The van der Waals surface area contributed by atoms with Gasteiger partial charge in [-0.15, -0.1) is 0 Å². The number of methoxy groups -OCH3 is 1. The molecule has 18 heavy (non-hydrogen) atoms. The number of hydrogen-bond acceptors (Lipinski definition) is 3. The van der Waals surface area contributed by atoms with Crippen LogP contribution in [0.4, 0.5) is 5.69 Å². The molecule has 0 fully saturated rings. The molecule has 0 saturated carbocycles. The maximum atomic E-state index is 5.76. The molecule has 4 heteroatoms. The molecular formula is C14H14BrNO2. The van der Waals surface area contributed by atoms with E-state index in [-0.39, 0.29) is 0 Å². The SMILES string of the molecule is COc1ccc(N)cc1COc1cccc(Br)c1. The van der Waals surface area contributed by atoms with Crippen LogP contribution in [0.25, 0.3) is 0 Å². The van der Waals surface area contributed by atoms with E-state index in [4.69, 9.17) is 15.2 Å². The number of benzene rings is 2. The molecule has 0 heterocycles. The minimum absolute atomic E-state index is 0.421. The van der Waals surface area contributed by atoms with Gasteiger partial charge in [0, 0.05) is 15.7 Å². The van der Waals surface area contributed by atoms with Gasteiger partial charge in [-0.1, -0.05) is 22.0 Å². The topological polar surface area (TPSA) is 44.5 Å². The van der Waals surface area contributed by atoms with Crippen LogP contribution in [0.2, 0.25) is 0 Å². The first kappa shape index (κ1) is 12.8. The molecule has 3 nitrogen and oxygen atoms in total. The highest BCUT2D eigenvalue weighted by Crippen LogP contribution is 2.24. The minimum Gasteiger partial charge on any atom is -0.496 e. The van der Waals surface area contributed by atoms with Crippen LogP contribution in [0.1, 0.15) is 5.56 Å². The molecule has 0 aliphatic rings. The average Bonchev–Trinajstić information content (AvgIpc) is 2.37. The summed E-state index contributed by atoms with van der Waals surface area (Å²) in [6.07, 6.45) is 0. The fourth-order valence-corrected chi connectivity index (χ4v) is 2.01. The van der Waals surface area contributed by atoms with Crippen LogP contribution in [0, 0.1) is 0 Å². The van der Waals surface area contributed by atoms with Crippen LogP contribution in [0.5, 0.6) is 11.5 Å². The second-order valence-electron chi connectivity index (χ2n) is 3.82. The summed E-state index contributed by atoms with van der Waals surface area (Å²) >= 11 is 3.40. The van der Waals surface area contributed by atoms with Crippen molar-refractivity contribution in [3.8, 4) is 11.5 Å². The molecule has 0 bridgehead atoms. The average molecular weight is 308 g/mol. The molecule has 2 rings (SSSR count). The van der Waals surface area contributed by atoms with Crippen molar-refractivity contribution in [1.29, 1.82) is 0 Å². The summed E-state index contributed by atoms with van der Waals surface area (Å²) in [5, 5.41) is 0. The lowest BCUT2D eigenvalue weighted by Crippen LogP contribution is -2.00. The van der Waals surface area contributed by atoms with Crippen LogP contribution < -0.4 is 15.2 Å². The fraction of sp³-hybridized carbons (Fsp3) is 0.143. The molecule has 94 valence electrons. The molecule has 2 N–H and O–H groups in total. The Morgan fingerprint density at radius 2 is 2.00 bits per heavy atom. The summed E-state index contributed by atoms with van der Waals surface area (Å²) in [4.78, 5) is 0. The Balaban J connectivity index is 2.12. The first-order valence-electron chi connectivity index (χ1n) is 5.50. The summed E-state index contributed by atoms with van der Waals surface area (Å²) in [6, 6.07) is 13.2. The van der Waals surface area contributed by atoms with Crippen molar-refractivity contribution in [3.63, 3.8) is 0 Å². The zero-order chi connectivity index (χ0) is 13.0. The predicted molar refractivity (Wildman–Crippen MR) is 75.9 cm³/mol. The molecule has 0 radical (unpaired) electrons. The Kier molecular flexibility index (Phi) is 4.10. The smallest absolute Gasteiger partial charge is 0.125 e. The number of nitrogen functional groups attached to an aromatic ring is 1. The first-order chi connectivity index (χ1) is 8.69. The lowest BCUT2D eigenvalue weighted by molar-refractivity contribution is 0.296. The van der Waals surface area contributed by atoms with E-state index in [0.29, 0.717) is 12.3 Å². The van der Waals surface area contributed by atoms with Crippen LogP contribution in [0.15, 0.2) is 46.9 Å². The summed E-state index contributed by atoms with van der Waals surface area (Å²) in [6.45, 7) is 0.421. The van der Waals surface area contributed by atoms with E-state index in [1.165, 1.54) is 0 Å². The highest BCUT2D eigenvalue weighted by atomic mass is 79.9. The number of rotatable bonds is 4. The van der Waals surface area contributed by atoms with Gasteiger partial charge in [-0.3, -0.25) is 0 Å². The van der Waals surface area contributed by atoms with Crippen LogP contribution in [-0.2, 0) is 6.61 Å². The predicted octanol–water partition coefficient (Wildman–Crippen LogP) is 3.62. The van der Waals surface area contributed by atoms with Crippen molar-refractivity contribution < 1.29 is 9.47 Å². The normalized spacial score (nSPS) is 10.1. The van der Waals surface area contributed by atoms with E-state index in [0.717, 1.165) is 21.5 Å². The molecule has 0 unspecified atom stereocenters. The van der Waals surface area contributed by atoms with Gasteiger partial charge < -0.3 is 15.2 Å². The van der Waals surface area contributed by atoms with Gasteiger partial charge in [-0.05, 0) is 36.4 Å². The Morgan fingerprint density at radius 1 is 1.17 bits per heavy atom. The van der Waals surface area contributed by atoms with E-state index in [2.05, 4.69) is 15.9 Å². The zero-order valence-electron chi connectivity index (χ0n) is 10.0. The van der Waals surface area contributed by atoms with E-state index in [1.54, 1.807) is 13.2 Å². The molecule has 0 spiro atoms. The monoisotopic (exact) mass is 307 g/mol. The number of nitrogens with two attached hydrogens (primary N) is 1. The van der Waals surface area contributed by atoms with E-state index in [9.17, 15) is 0 Å². The molecule has 0 aliphatic carbocycles. The molecular weight excluding hydrogens is 294 g/mol. The first-order valence-corrected chi connectivity index (χ1v) is 6.29. The van der Waals surface area contributed by atoms with E-state index >= 15 is 0 Å². The standard InChI is InChI=1S/C14H14BrNO2/c1-17-14-6-5-12(16)7-10(14)9-18-13-4-2-3-11(15)8-13/h2-8H,9,16H2,1H3. The van der Waals surface area contributed by atoms with Crippen molar-refractivity contribution in [1.82, 2.24) is 0 Å². The van der Waals surface area contributed by atoms with Gasteiger partial charge in [-0.2, -0.15) is 0 Å². The number of hydrogen-bond donors (Lipinski definition) is 1. The molecule has 2 aromatic rings. The van der Waals surface area contributed by atoms with E-state index in [1.807, 2.05) is 36.4 Å². The minimum atomic E-state index is 0.421. The summed E-state index contributed by atoms with van der Waals surface area (Å²) in [5.41, 5.74) is 7.38. The van der Waals surface area contributed by atoms with Crippen LogP contribution in [-0.4, -0.2) is 7.11 Å². The maximum Gasteiger partial charge on any atom is 0.125 e. The van der Waals surface area contributed by atoms with Gasteiger partial charge in [0.15, 0.2) is 0 Å². The van der Waals surface area contributed by atoms with Crippen molar-refractivity contribution in [2.24, 2.45) is 0 Å². The molecule has 0 atom stereocenters. The van der Waals surface area contributed by atoms with Crippen molar-refractivity contribution in [2.75, 3.05) is 12.8 Å². The number of anilines is 1. The zero-order valence-corrected chi connectivity index (χ0v) is 11.6. The van der Waals surface area contributed by atoms with Gasteiger partial charge in [0.25, 0.3) is 0 Å². The van der Waals surface area contributed by atoms with Gasteiger partial charge in [0.2, 0.25) is 0 Å². The van der Waals surface area contributed by atoms with Crippen LogP contribution in [0.3, 0.4) is 0 Å². The molecule has 2 aromatic carbocycles. The quantitative estimate of drug-likeness (QED) is 0.877. The van der Waals surface area contributed by atoms with Crippen molar-refractivity contribution >= 4 is 21.6 Å². The largest absolute Gasteiger partial charge is 0.496 e. The van der Waals surface area contributed by atoms with E-state index < -0.39 is 0 Å². The van der Waals surface area contributed by atoms with Crippen molar-refractivity contribution in [2.45, 2.75) is 6.61 Å². The Hall–Kier alpha value is -1.68. The van der Waals surface area contributed by atoms with Gasteiger partial charge >= 0.3 is 0 Å². The number of halogens is 1. The molecule has 0 aromatic heterocycles. The summed E-state index contributed by atoms with van der Waals surface area (Å²) < 4.78 is 12.0. The lowest BCUT2D eigenvalue weighted by atomic mass is 10.2. The Morgan fingerprint density at radius 3 is 2.72 bits per heavy atom. The molecule has 0 aliphatic heterocycles. The third-order valence-corrected chi connectivity index (χ3v) is 2.99. The van der Waals surface area contributed by atoms with Gasteiger partial charge in [-0.25, -0.2) is 0 Å². The third kappa shape index (κ3) is 3.17. The second kappa shape index (κ2) is 5.78. The second-order valence-corrected chi connectivity index (χ2v) is 4.73. The molecule has 0 amide bonds. The van der Waals surface area contributed by atoms with Gasteiger partial charge in [0.1, 0.15) is 18.1 Å². The number of ether oxygens (including phenoxy) is 2. The van der Waals surface area contributed by atoms with Crippen LogP contribution >= 0.6 is 15.9 Å². The summed E-state index contributed by atoms with van der Waals surface area (Å²) in [7, 11) is 1.63.